The van der Waals surface area contributed by atoms with Crippen LogP contribution in [-0.4, -0.2) is 17.6 Å². The fourth-order valence-electron chi connectivity index (χ4n) is 2.53. The molecule has 0 bridgehead atoms. The highest BCUT2D eigenvalue weighted by Gasteiger charge is 2.29. The van der Waals surface area contributed by atoms with Gasteiger partial charge in [0, 0.05) is 12.6 Å². The number of anilines is 2. The van der Waals surface area contributed by atoms with E-state index in [0.717, 1.165) is 28.1 Å². The number of aromatic nitrogens is 1. The minimum absolute atomic E-state index is 0.599. The molecule has 3 nitrogen and oxygen atoms in total. The zero-order chi connectivity index (χ0) is 12.6. The van der Waals surface area contributed by atoms with E-state index in [-0.39, 0.29) is 0 Å². The lowest BCUT2D eigenvalue weighted by molar-refractivity contribution is 0.489. The van der Waals surface area contributed by atoms with Crippen LogP contribution in [0.1, 0.15) is 32.3 Å². The normalized spacial score (nSPS) is 20.3. The molecule has 1 aliphatic heterocycles. The lowest BCUT2D eigenvalue weighted by atomic mass is 10.0. The molecular formula is C13H20BrN3. The molecule has 0 aliphatic carbocycles. The Kier molecular flexibility index (Phi) is 3.61. The molecule has 17 heavy (non-hydrogen) atoms. The van der Waals surface area contributed by atoms with Crippen LogP contribution in [0.25, 0.3) is 0 Å². The Labute approximate surface area is 112 Å². The van der Waals surface area contributed by atoms with Crippen molar-refractivity contribution in [1.29, 1.82) is 0 Å². The first-order valence-corrected chi connectivity index (χ1v) is 6.99. The van der Waals surface area contributed by atoms with Crippen LogP contribution in [0.3, 0.4) is 0 Å². The third-order valence-electron chi connectivity index (χ3n) is 3.63. The van der Waals surface area contributed by atoms with E-state index in [1.807, 2.05) is 6.92 Å². The summed E-state index contributed by atoms with van der Waals surface area (Å²) in [7, 11) is 0. The van der Waals surface area contributed by atoms with Crippen LogP contribution in [0.2, 0.25) is 0 Å². The van der Waals surface area contributed by atoms with E-state index in [1.165, 1.54) is 12.8 Å². The summed E-state index contributed by atoms with van der Waals surface area (Å²) in [5.41, 5.74) is 7.71. The van der Waals surface area contributed by atoms with Gasteiger partial charge in [0.25, 0.3) is 0 Å². The van der Waals surface area contributed by atoms with Gasteiger partial charge < -0.3 is 10.6 Å². The molecule has 0 aromatic carbocycles. The standard InChI is InChI=1S/C13H20BrN3/c1-8(2)11-5-4-6-17(11)13-12(14)9(3)10(15)7-16-13/h7-8,11H,4-6,15H2,1-3H3. The molecule has 0 spiro atoms. The van der Waals surface area contributed by atoms with Gasteiger partial charge in [0.05, 0.1) is 16.4 Å². The number of pyridine rings is 1. The molecule has 1 aromatic rings. The maximum Gasteiger partial charge on any atom is 0.143 e. The van der Waals surface area contributed by atoms with Crippen LogP contribution < -0.4 is 10.6 Å². The fraction of sp³-hybridized carbons (Fsp3) is 0.615. The molecule has 1 aliphatic rings. The summed E-state index contributed by atoms with van der Waals surface area (Å²) in [6.07, 6.45) is 4.28. The van der Waals surface area contributed by atoms with E-state index < -0.39 is 0 Å². The maximum absolute atomic E-state index is 5.87. The quantitative estimate of drug-likeness (QED) is 0.910. The molecule has 0 saturated carbocycles. The third kappa shape index (κ3) is 2.28. The highest BCUT2D eigenvalue weighted by molar-refractivity contribution is 9.10. The van der Waals surface area contributed by atoms with Crippen molar-refractivity contribution in [2.24, 2.45) is 5.92 Å². The smallest absolute Gasteiger partial charge is 0.143 e. The molecule has 1 unspecified atom stereocenters. The van der Waals surface area contributed by atoms with Crippen LogP contribution in [0, 0.1) is 12.8 Å². The summed E-state index contributed by atoms with van der Waals surface area (Å²) in [4.78, 5) is 6.93. The first kappa shape index (κ1) is 12.7. The van der Waals surface area contributed by atoms with Gasteiger partial charge in [0.2, 0.25) is 0 Å². The number of halogens is 1. The van der Waals surface area contributed by atoms with E-state index in [0.29, 0.717) is 12.0 Å². The van der Waals surface area contributed by atoms with Gasteiger partial charge in [-0.05, 0) is 47.2 Å². The molecule has 0 radical (unpaired) electrons. The zero-order valence-electron chi connectivity index (χ0n) is 10.7. The summed E-state index contributed by atoms with van der Waals surface area (Å²) < 4.78 is 1.05. The molecule has 0 amide bonds. The molecule has 2 N–H and O–H groups in total. The lowest BCUT2D eigenvalue weighted by Crippen LogP contribution is -2.34. The van der Waals surface area contributed by atoms with Gasteiger partial charge in [-0.15, -0.1) is 0 Å². The summed E-state index contributed by atoms with van der Waals surface area (Å²) in [6, 6.07) is 0.599. The summed E-state index contributed by atoms with van der Waals surface area (Å²) in [5.74, 6) is 1.71. The minimum Gasteiger partial charge on any atom is -0.397 e. The molecule has 2 heterocycles. The zero-order valence-corrected chi connectivity index (χ0v) is 12.3. The van der Waals surface area contributed by atoms with Crippen LogP contribution in [-0.2, 0) is 0 Å². The molecule has 1 aromatic heterocycles. The van der Waals surface area contributed by atoms with Crippen molar-refractivity contribution in [3.63, 3.8) is 0 Å². The Balaban J connectivity index is 2.37. The Morgan fingerprint density at radius 3 is 2.88 bits per heavy atom. The Hall–Kier alpha value is -0.770. The third-order valence-corrected chi connectivity index (χ3v) is 4.57. The van der Waals surface area contributed by atoms with Crippen molar-refractivity contribution >= 4 is 27.4 Å². The van der Waals surface area contributed by atoms with Gasteiger partial charge >= 0.3 is 0 Å². The van der Waals surface area contributed by atoms with E-state index in [9.17, 15) is 0 Å². The molecule has 1 atom stereocenters. The predicted molar refractivity (Wildman–Crippen MR) is 76.3 cm³/mol. The molecule has 94 valence electrons. The van der Waals surface area contributed by atoms with Crippen LogP contribution >= 0.6 is 15.9 Å². The van der Waals surface area contributed by atoms with E-state index >= 15 is 0 Å². The minimum atomic E-state index is 0.599. The van der Waals surface area contributed by atoms with Crippen molar-refractivity contribution < 1.29 is 0 Å². The second kappa shape index (κ2) is 4.84. The van der Waals surface area contributed by atoms with Gasteiger partial charge in [-0.2, -0.15) is 0 Å². The Morgan fingerprint density at radius 2 is 2.24 bits per heavy atom. The van der Waals surface area contributed by atoms with Gasteiger partial charge in [-0.25, -0.2) is 4.98 Å². The summed E-state index contributed by atoms with van der Waals surface area (Å²) in [6.45, 7) is 7.69. The van der Waals surface area contributed by atoms with Gasteiger partial charge in [0.1, 0.15) is 5.82 Å². The number of rotatable bonds is 2. The number of hydrogen-bond donors (Lipinski definition) is 1. The van der Waals surface area contributed by atoms with Gasteiger partial charge in [0.15, 0.2) is 0 Å². The van der Waals surface area contributed by atoms with Crippen LogP contribution in [0.15, 0.2) is 10.7 Å². The Morgan fingerprint density at radius 1 is 1.53 bits per heavy atom. The molecular weight excluding hydrogens is 278 g/mol. The molecule has 1 fully saturated rings. The summed E-state index contributed by atoms with van der Waals surface area (Å²) in [5, 5.41) is 0. The summed E-state index contributed by atoms with van der Waals surface area (Å²) >= 11 is 3.63. The van der Waals surface area contributed by atoms with Crippen molar-refractivity contribution in [1.82, 2.24) is 4.98 Å². The number of hydrogen-bond acceptors (Lipinski definition) is 3. The van der Waals surface area contributed by atoms with Crippen molar-refractivity contribution in [2.75, 3.05) is 17.2 Å². The highest BCUT2D eigenvalue weighted by Crippen LogP contribution is 2.36. The highest BCUT2D eigenvalue weighted by atomic mass is 79.9. The average Bonchev–Trinajstić information content (AvgIpc) is 2.75. The monoisotopic (exact) mass is 297 g/mol. The second-order valence-corrected chi connectivity index (χ2v) is 5.92. The fourth-order valence-corrected chi connectivity index (χ4v) is 3.09. The van der Waals surface area contributed by atoms with Crippen molar-refractivity contribution in [2.45, 2.75) is 39.7 Å². The number of nitrogens with two attached hydrogens (primary N) is 1. The topological polar surface area (TPSA) is 42.1 Å². The predicted octanol–water partition coefficient (Wildman–Crippen LogP) is 3.36. The Bertz CT molecular complexity index is 417. The number of nitrogen functional groups attached to an aromatic ring is 1. The van der Waals surface area contributed by atoms with Crippen molar-refractivity contribution in [3.05, 3.63) is 16.2 Å². The van der Waals surface area contributed by atoms with E-state index in [2.05, 4.69) is 39.7 Å². The van der Waals surface area contributed by atoms with Crippen molar-refractivity contribution in [3.8, 4) is 0 Å². The lowest BCUT2D eigenvalue weighted by Gasteiger charge is -2.30. The SMILES string of the molecule is Cc1c(N)cnc(N2CCCC2C(C)C)c1Br. The van der Waals surface area contributed by atoms with Crippen LogP contribution in [0.5, 0.6) is 0 Å². The average molecular weight is 298 g/mol. The first-order valence-electron chi connectivity index (χ1n) is 6.19. The second-order valence-electron chi connectivity index (χ2n) is 5.12. The maximum atomic E-state index is 5.87. The van der Waals surface area contributed by atoms with E-state index in [1.54, 1.807) is 6.20 Å². The van der Waals surface area contributed by atoms with Crippen LogP contribution in [0.4, 0.5) is 11.5 Å². The number of nitrogens with zero attached hydrogens (tertiary/aromatic N) is 2. The largest absolute Gasteiger partial charge is 0.397 e. The van der Waals surface area contributed by atoms with Gasteiger partial charge in [-0.3, -0.25) is 0 Å². The molecule has 4 heteroatoms. The molecule has 1 saturated heterocycles. The van der Waals surface area contributed by atoms with E-state index in [4.69, 9.17) is 5.73 Å². The first-order chi connectivity index (χ1) is 8.02. The van der Waals surface area contributed by atoms with Gasteiger partial charge in [-0.1, -0.05) is 13.8 Å². The molecule has 2 rings (SSSR count).